The van der Waals surface area contributed by atoms with E-state index in [1.165, 1.54) is 12.1 Å². The van der Waals surface area contributed by atoms with E-state index in [2.05, 4.69) is 5.32 Å². The summed E-state index contributed by atoms with van der Waals surface area (Å²) < 4.78 is 26.0. The Morgan fingerprint density at radius 1 is 1.40 bits per heavy atom. The third-order valence-corrected chi connectivity index (χ3v) is 2.61. The number of hydrogen-bond donors (Lipinski definition) is 1. The van der Waals surface area contributed by atoms with E-state index in [4.69, 9.17) is 0 Å². The predicted molar refractivity (Wildman–Crippen MR) is 51.5 cm³/mol. The van der Waals surface area contributed by atoms with E-state index in [1.807, 2.05) is 6.92 Å². The van der Waals surface area contributed by atoms with Crippen molar-refractivity contribution in [2.75, 3.05) is 0 Å². The minimum absolute atomic E-state index is 0.226. The molecule has 1 amide bonds. The molecule has 0 atom stereocenters. The maximum atomic E-state index is 13.2. The number of carbonyl (C=O) groups excluding carboxylic acids is 1. The second-order valence-electron chi connectivity index (χ2n) is 4.12. The normalized spacial score (nSPS) is 17.3. The average molecular weight is 211 g/mol. The molecule has 1 aliphatic carbocycles. The summed E-state index contributed by atoms with van der Waals surface area (Å²) in [6, 6.07) is 3.59. The van der Waals surface area contributed by atoms with Crippen LogP contribution in [0.1, 0.15) is 30.1 Å². The minimum Gasteiger partial charge on any atom is -0.347 e. The zero-order valence-corrected chi connectivity index (χ0v) is 8.31. The van der Waals surface area contributed by atoms with Crippen molar-refractivity contribution in [1.82, 2.24) is 5.32 Å². The Morgan fingerprint density at radius 2 is 2.07 bits per heavy atom. The molecule has 0 saturated heterocycles. The number of benzene rings is 1. The van der Waals surface area contributed by atoms with Crippen molar-refractivity contribution in [2.24, 2.45) is 0 Å². The summed E-state index contributed by atoms with van der Waals surface area (Å²) in [7, 11) is 0. The van der Waals surface area contributed by atoms with Crippen LogP contribution in [0.25, 0.3) is 0 Å². The highest BCUT2D eigenvalue weighted by Crippen LogP contribution is 2.34. The summed E-state index contributed by atoms with van der Waals surface area (Å²) >= 11 is 0. The molecule has 15 heavy (non-hydrogen) atoms. The number of hydrogen-bond acceptors (Lipinski definition) is 1. The predicted octanol–water partition coefficient (Wildman–Crippen LogP) is 2.25. The quantitative estimate of drug-likeness (QED) is 0.798. The average Bonchev–Trinajstić information content (AvgIpc) is 2.88. The van der Waals surface area contributed by atoms with Crippen molar-refractivity contribution in [2.45, 2.75) is 25.3 Å². The van der Waals surface area contributed by atoms with Crippen molar-refractivity contribution in [3.05, 3.63) is 35.4 Å². The zero-order chi connectivity index (χ0) is 11.1. The molecule has 0 bridgehead atoms. The minimum atomic E-state index is -1.08. The van der Waals surface area contributed by atoms with E-state index in [0.717, 1.165) is 18.9 Å². The van der Waals surface area contributed by atoms with Crippen LogP contribution in [0.4, 0.5) is 8.78 Å². The molecule has 1 aromatic rings. The molecule has 2 nitrogen and oxygen atoms in total. The van der Waals surface area contributed by atoms with Gasteiger partial charge in [0.25, 0.3) is 5.91 Å². The lowest BCUT2D eigenvalue weighted by molar-refractivity contribution is 0.0930. The lowest BCUT2D eigenvalue weighted by atomic mass is 10.1. The van der Waals surface area contributed by atoms with Crippen molar-refractivity contribution < 1.29 is 13.6 Å². The van der Waals surface area contributed by atoms with Crippen LogP contribution < -0.4 is 5.32 Å². The fourth-order valence-corrected chi connectivity index (χ4v) is 1.33. The summed E-state index contributed by atoms with van der Waals surface area (Å²) in [4.78, 5) is 11.6. The van der Waals surface area contributed by atoms with E-state index in [9.17, 15) is 13.6 Å². The molecule has 0 heterocycles. The summed E-state index contributed by atoms with van der Waals surface area (Å²) in [5.41, 5.74) is -0.460. The van der Waals surface area contributed by atoms with Gasteiger partial charge in [0.2, 0.25) is 0 Å². The summed E-state index contributed by atoms with van der Waals surface area (Å²) in [6.45, 7) is 1.88. The highest BCUT2D eigenvalue weighted by atomic mass is 19.2. The Labute approximate surface area is 86.3 Å². The number of rotatable bonds is 2. The van der Waals surface area contributed by atoms with E-state index >= 15 is 0 Å². The molecule has 1 N–H and O–H groups in total. The first-order chi connectivity index (χ1) is 7.02. The fraction of sp³-hybridized carbons (Fsp3) is 0.364. The summed E-state index contributed by atoms with van der Waals surface area (Å²) in [6.07, 6.45) is 1.77. The van der Waals surface area contributed by atoms with Crippen molar-refractivity contribution >= 4 is 5.91 Å². The Morgan fingerprint density at radius 3 is 2.67 bits per heavy atom. The van der Waals surface area contributed by atoms with Crippen LogP contribution in [0.2, 0.25) is 0 Å². The highest BCUT2D eigenvalue weighted by Gasteiger charge is 2.39. The molecule has 80 valence electrons. The molecule has 4 heteroatoms. The smallest absolute Gasteiger partial charge is 0.254 e. The lowest BCUT2D eigenvalue weighted by Crippen LogP contribution is -2.34. The molecule has 0 aromatic heterocycles. The maximum Gasteiger partial charge on any atom is 0.254 e. The van der Waals surface area contributed by atoms with Gasteiger partial charge in [0, 0.05) is 5.54 Å². The summed E-state index contributed by atoms with van der Waals surface area (Å²) in [5, 5.41) is 2.67. The third kappa shape index (κ3) is 1.98. The highest BCUT2D eigenvalue weighted by molar-refractivity contribution is 5.95. The van der Waals surface area contributed by atoms with E-state index in [-0.39, 0.29) is 11.1 Å². The first kappa shape index (κ1) is 10.1. The number of halogens is 2. The van der Waals surface area contributed by atoms with E-state index < -0.39 is 17.5 Å². The molecule has 0 aliphatic heterocycles. The molecule has 1 aromatic carbocycles. The van der Waals surface area contributed by atoms with Crippen LogP contribution in [-0.4, -0.2) is 11.4 Å². The van der Waals surface area contributed by atoms with Gasteiger partial charge in [0.15, 0.2) is 11.6 Å². The molecule has 0 radical (unpaired) electrons. The first-order valence-corrected chi connectivity index (χ1v) is 4.78. The number of carbonyl (C=O) groups is 1. The van der Waals surface area contributed by atoms with E-state index in [1.54, 1.807) is 0 Å². The van der Waals surface area contributed by atoms with Crippen LogP contribution >= 0.6 is 0 Å². The monoisotopic (exact) mass is 211 g/mol. The van der Waals surface area contributed by atoms with Gasteiger partial charge in [-0.2, -0.15) is 0 Å². The van der Waals surface area contributed by atoms with Crippen molar-refractivity contribution in [1.29, 1.82) is 0 Å². The standard InChI is InChI=1S/C11H11F2NO/c1-11(5-6-11)14-10(15)7-3-2-4-8(12)9(7)13/h2-4H,5-6H2,1H3,(H,14,15). The summed E-state index contributed by atoms with van der Waals surface area (Å²) in [5.74, 6) is -2.63. The molecular weight excluding hydrogens is 200 g/mol. The van der Waals surface area contributed by atoms with Gasteiger partial charge in [-0.25, -0.2) is 8.78 Å². The second-order valence-corrected chi connectivity index (χ2v) is 4.12. The largest absolute Gasteiger partial charge is 0.347 e. The van der Waals surface area contributed by atoms with Crippen LogP contribution in [0, 0.1) is 11.6 Å². The Balaban J connectivity index is 2.21. The van der Waals surface area contributed by atoms with Gasteiger partial charge in [-0.05, 0) is 31.9 Å². The van der Waals surface area contributed by atoms with Crippen LogP contribution in [0.15, 0.2) is 18.2 Å². The molecule has 1 saturated carbocycles. The Hall–Kier alpha value is -1.45. The van der Waals surface area contributed by atoms with Gasteiger partial charge in [-0.1, -0.05) is 6.07 Å². The van der Waals surface area contributed by atoms with Crippen LogP contribution in [0.5, 0.6) is 0 Å². The maximum absolute atomic E-state index is 13.2. The Kier molecular flexibility index (Phi) is 2.21. The molecule has 0 spiro atoms. The molecule has 2 rings (SSSR count). The number of amides is 1. The molecular formula is C11H11F2NO. The van der Waals surface area contributed by atoms with Gasteiger partial charge in [-0.15, -0.1) is 0 Å². The van der Waals surface area contributed by atoms with Crippen molar-refractivity contribution in [3.8, 4) is 0 Å². The van der Waals surface area contributed by atoms with Gasteiger partial charge in [-0.3, -0.25) is 4.79 Å². The van der Waals surface area contributed by atoms with Gasteiger partial charge in [0.05, 0.1) is 5.56 Å². The van der Waals surface area contributed by atoms with Gasteiger partial charge in [0.1, 0.15) is 0 Å². The van der Waals surface area contributed by atoms with Gasteiger partial charge < -0.3 is 5.32 Å². The first-order valence-electron chi connectivity index (χ1n) is 4.78. The van der Waals surface area contributed by atoms with Gasteiger partial charge >= 0.3 is 0 Å². The van der Waals surface area contributed by atoms with Crippen molar-refractivity contribution in [3.63, 3.8) is 0 Å². The van der Waals surface area contributed by atoms with E-state index in [0.29, 0.717) is 0 Å². The fourth-order valence-electron chi connectivity index (χ4n) is 1.33. The SMILES string of the molecule is CC1(NC(=O)c2cccc(F)c2F)CC1. The number of nitrogens with one attached hydrogen (secondary N) is 1. The lowest BCUT2D eigenvalue weighted by Gasteiger charge is -2.11. The topological polar surface area (TPSA) is 29.1 Å². The second kappa shape index (κ2) is 3.29. The molecule has 1 aliphatic rings. The molecule has 1 fully saturated rings. The molecule has 0 unspecified atom stereocenters. The third-order valence-electron chi connectivity index (χ3n) is 2.61. The Bertz CT molecular complexity index is 413. The van der Waals surface area contributed by atoms with Crippen LogP contribution in [-0.2, 0) is 0 Å². The zero-order valence-electron chi connectivity index (χ0n) is 8.31. The van der Waals surface area contributed by atoms with Crippen LogP contribution in [0.3, 0.4) is 0 Å².